The number of carbonyl (C=O) groups excluding carboxylic acids is 1. The highest BCUT2D eigenvalue weighted by Crippen LogP contribution is 2.25. The van der Waals surface area contributed by atoms with Gasteiger partial charge in [0.1, 0.15) is 0 Å². The van der Waals surface area contributed by atoms with Crippen molar-refractivity contribution in [3.05, 3.63) is 54.1 Å². The highest BCUT2D eigenvalue weighted by Gasteiger charge is 2.05. The van der Waals surface area contributed by atoms with E-state index in [2.05, 4.69) is 17.2 Å². The van der Waals surface area contributed by atoms with Gasteiger partial charge in [0, 0.05) is 11.3 Å². The zero-order valence-electron chi connectivity index (χ0n) is 10.9. The van der Waals surface area contributed by atoms with Crippen LogP contribution in [0.25, 0.3) is 11.1 Å². The van der Waals surface area contributed by atoms with Crippen LogP contribution in [0.1, 0.15) is 12.0 Å². The van der Waals surface area contributed by atoms with Crippen LogP contribution in [0.3, 0.4) is 0 Å². The van der Waals surface area contributed by atoms with Gasteiger partial charge in [-0.15, -0.1) is 12.8 Å². The summed E-state index contributed by atoms with van der Waals surface area (Å²) < 4.78 is 0. The second kappa shape index (κ2) is 6.27. The molecule has 2 aromatic rings. The van der Waals surface area contributed by atoms with Crippen molar-refractivity contribution in [2.75, 3.05) is 5.32 Å². The summed E-state index contributed by atoms with van der Waals surface area (Å²) in [5.74, 6) is 4.78. The molecule has 2 aromatic carbocycles. The first kappa shape index (κ1) is 13.5. The Morgan fingerprint density at radius 1 is 1.10 bits per heavy atom. The molecule has 2 heteroatoms. The Bertz CT molecular complexity index is 717. The molecule has 1 N–H and O–H groups in total. The van der Waals surface area contributed by atoms with Crippen molar-refractivity contribution in [1.82, 2.24) is 0 Å². The van der Waals surface area contributed by atoms with E-state index in [0.29, 0.717) is 5.69 Å². The Hall–Kier alpha value is -2.97. The molecule has 0 unspecified atom stereocenters. The van der Waals surface area contributed by atoms with Gasteiger partial charge in [-0.25, -0.2) is 0 Å². The Morgan fingerprint density at radius 3 is 2.65 bits per heavy atom. The van der Waals surface area contributed by atoms with Crippen molar-refractivity contribution in [1.29, 1.82) is 0 Å². The summed E-state index contributed by atoms with van der Waals surface area (Å²) in [4.78, 5) is 11.5. The van der Waals surface area contributed by atoms with E-state index in [1.807, 2.05) is 48.5 Å². The highest BCUT2D eigenvalue weighted by molar-refractivity contribution is 5.93. The molecule has 96 valence electrons. The standard InChI is InChI=1S/C18H13NO/c1-3-8-18(20)19-16-11-7-10-15(13-16)17-12-6-5-9-14(17)4-2/h1-2,5-7,9-13H,8H2,(H,19,20). The van der Waals surface area contributed by atoms with Crippen LogP contribution in [0, 0.1) is 24.7 Å². The maximum atomic E-state index is 11.5. The van der Waals surface area contributed by atoms with Gasteiger partial charge in [0.25, 0.3) is 0 Å². The van der Waals surface area contributed by atoms with Gasteiger partial charge in [-0.1, -0.05) is 42.2 Å². The first-order chi connectivity index (χ1) is 9.74. The molecule has 2 nitrogen and oxygen atoms in total. The largest absolute Gasteiger partial charge is 0.325 e. The number of terminal acetylenes is 2. The minimum absolute atomic E-state index is 0.0607. The summed E-state index contributed by atoms with van der Waals surface area (Å²) in [5.41, 5.74) is 3.44. The summed E-state index contributed by atoms with van der Waals surface area (Å²) in [5, 5.41) is 2.76. The van der Waals surface area contributed by atoms with Gasteiger partial charge in [0.2, 0.25) is 5.91 Å². The van der Waals surface area contributed by atoms with Gasteiger partial charge in [0.05, 0.1) is 6.42 Å². The third kappa shape index (κ3) is 3.07. The normalized spacial score (nSPS) is 9.30. The molecule has 0 atom stereocenters. The van der Waals surface area contributed by atoms with Crippen molar-refractivity contribution in [3.63, 3.8) is 0 Å². The quantitative estimate of drug-likeness (QED) is 0.842. The fourth-order valence-electron chi connectivity index (χ4n) is 1.92. The summed E-state index contributed by atoms with van der Waals surface area (Å²) >= 11 is 0. The molecule has 1 amide bonds. The van der Waals surface area contributed by atoms with E-state index in [9.17, 15) is 4.79 Å². The third-order valence-corrected chi connectivity index (χ3v) is 2.80. The molecular formula is C18H13NO. The van der Waals surface area contributed by atoms with Gasteiger partial charge >= 0.3 is 0 Å². The monoisotopic (exact) mass is 259 g/mol. The topological polar surface area (TPSA) is 29.1 Å². The molecule has 0 aromatic heterocycles. The van der Waals surface area contributed by atoms with Gasteiger partial charge in [-0.3, -0.25) is 4.79 Å². The van der Waals surface area contributed by atoms with Crippen molar-refractivity contribution in [2.45, 2.75) is 6.42 Å². The molecule has 0 bridgehead atoms. The Kier molecular flexibility index (Phi) is 4.22. The minimum atomic E-state index is -0.199. The Labute approximate surface area is 118 Å². The summed E-state index contributed by atoms with van der Waals surface area (Å²) in [6, 6.07) is 15.2. The van der Waals surface area contributed by atoms with E-state index in [1.54, 1.807) is 0 Å². The minimum Gasteiger partial charge on any atom is -0.325 e. The lowest BCUT2D eigenvalue weighted by atomic mass is 10.00. The summed E-state index contributed by atoms with van der Waals surface area (Å²) in [6.07, 6.45) is 10.7. The number of anilines is 1. The second-order valence-corrected chi connectivity index (χ2v) is 4.20. The van der Waals surface area contributed by atoms with Crippen LogP contribution in [0.4, 0.5) is 5.69 Å². The first-order valence-electron chi connectivity index (χ1n) is 6.14. The number of hydrogen-bond donors (Lipinski definition) is 1. The zero-order chi connectivity index (χ0) is 14.4. The maximum absolute atomic E-state index is 11.5. The molecule has 0 aliphatic rings. The summed E-state index contributed by atoms with van der Waals surface area (Å²) in [7, 11) is 0. The number of rotatable bonds is 3. The molecule has 0 aliphatic heterocycles. The van der Waals surface area contributed by atoms with Crippen LogP contribution in [0.2, 0.25) is 0 Å². The molecule has 20 heavy (non-hydrogen) atoms. The Balaban J connectivity index is 2.33. The van der Waals surface area contributed by atoms with Crippen LogP contribution in [-0.2, 0) is 4.79 Å². The van der Waals surface area contributed by atoms with E-state index < -0.39 is 0 Å². The molecule has 0 aliphatic carbocycles. The van der Waals surface area contributed by atoms with Crippen molar-refractivity contribution in [2.24, 2.45) is 0 Å². The van der Waals surface area contributed by atoms with Crippen molar-refractivity contribution >= 4 is 11.6 Å². The fourth-order valence-corrected chi connectivity index (χ4v) is 1.92. The lowest BCUT2D eigenvalue weighted by Crippen LogP contribution is -2.09. The molecule has 2 rings (SSSR count). The van der Waals surface area contributed by atoms with Crippen LogP contribution in [0.5, 0.6) is 0 Å². The van der Waals surface area contributed by atoms with E-state index in [1.165, 1.54) is 0 Å². The molecule has 0 saturated carbocycles. The van der Waals surface area contributed by atoms with Crippen molar-refractivity contribution in [3.8, 4) is 35.8 Å². The van der Waals surface area contributed by atoms with Crippen LogP contribution >= 0.6 is 0 Å². The van der Waals surface area contributed by atoms with Gasteiger partial charge in [-0.05, 0) is 29.3 Å². The SMILES string of the molecule is C#CCC(=O)Nc1cccc(-c2ccccc2C#C)c1. The van der Waals surface area contributed by atoms with Crippen molar-refractivity contribution < 1.29 is 4.79 Å². The second-order valence-electron chi connectivity index (χ2n) is 4.20. The smallest absolute Gasteiger partial charge is 0.236 e. The number of nitrogens with one attached hydrogen (secondary N) is 1. The van der Waals surface area contributed by atoms with Crippen LogP contribution in [0.15, 0.2) is 48.5 Å². The molecular weight excluding hydrogens is 246 g/mol. The average Bonchev–Trinajstić information content (AvgIpc) is 2.47. The molecule has 0 heterocycles. The predicted molar refractivity (Wildman–Crippen MR) is 81.9 cm³/mol. The summed E-state index contributed by atoms with van der Waals surface area (Å²) in [6.45, 7) is 0. The predicted octanol–water partition coefficient (Wildman–Crippen LogP) is 3.30. The zero-order valence-corrected chi connectivity index (χ0v) is 10.9. The fraction of sp³-hybridized carbons (Fsp3) is 0.0556. The van der Waals surface area contributed by atoms with E-state index in [0.717, 1.165) is 16.7 Å². The van der Waals surface area contributed by atoms with E-state index in [-0.39, 0.29) is 12.3 Å². The first-order valence-corrected chi connectivity index (χ1v) is 6.14. The lowest BCUT2D eigenvalue weighted by molar-refractivity contribution is -0.115. The number of carbonyl (C=O) groups is 1. The average molecular weight is 259 g/mol. The molecule has 0 radical (unpaired) electrons. The highest BCUT2D eigenvalue weighted by atomic mass is 16.1. The van der Waals surface area contributed by atoms with Gasteiger partial charge in [-0.2, -0.15) is 0 Å². The molecule has 0 saturated heterocycles. The van der Waals surface area contributed by atoms with Gasteiger partial charge in [0.15, 0.2) is 0 Å². The number of hydrogen-bond acceptors (Lipinski definition) is 1. The van der Waals surface area contributed by atoms with Crippen LogP contribution in [-0.4, -0.2) is 5.91 Å². The lowest BCUT2D eigenvalue weighted by Gasteiger charge is -2.08. The molecule has 0 spiro atoms. The third-order valence-electron chi connectivity index (χ3n) is 2.80. The number of amides is 1. The molecule has 0 fully saturated rings. The maximum Gasteiger partial charge on any atom is 0.236 e. The van der Waals surface area contributed by atoms with Gasteiger partial charge < -0.3 is 5.32 Å². The van der Waals surface area contributed by atoms with Crippen LogP contribution < -0.4 is 5.32 Å². The van der Waals surface area contributed by atoms with E-state index >= 15 is 0 Å². The Morgan fingerprint density at radius 2 is 1.90 bits per heavy atom. The van der Waals surface area contributed by atoms with E-state index in [4.69, 9.17) is 12.8 Å². The number of benzene rings is 2.